The number of aryl methyl sites for hydroxylation is 1. The van der Waals surface area contributed by atoms with Gasteiger partial charge in [-0.05, 0) is 29.7 Å². The third kappa shape index (κ3) is 3.31. The number of fused-ring (bicyclic) bond motifs is 1. The van der Waals surface area contributed by atoms with Crippen LogP contribution in [0, 0.1) is 0 Å². The molecule has 0 bridgehead atoms. The van der Waals surface area contributed by atoms with Crippen molar-refractivity contribution in [3.63, 3.8) is 0 Å². The SMILES string of the molecule is CC1OC2(CCN(C(=O)CCc3ccc4ccccc4c3)CC2)NC1=O. The number of amides is 2. The molecule has 5 heteroatoms. The normalized spacial score (nSPS) is 22.0. The highest BCUT2D eigenvalue weighted by Gasteiger charge is 2.45. The van der Waals surface area contributed by atoms with Gasteiger partial charge in [-0.3, -0.25) is 9.59 Å². The number of carbonyl (C=O) groups excluding carboxylic acids is 2. The molecule has 1 spiro atoms. The minimum absolute atomic E-state index is 0.0546. The number of hydrogen-bond donors (Lipinski definition) is 1. The minimum atomic E-state index is -0.564. The lowest BCUT2D eigenvalue weighted by Crippen LogP contribution is -2.53. The molecule has 0 aromatic heterocycles. The highest BCUT2D eigenvalue weighted by molar-refractivity contribution is 5.84. The smallest absolute Gasteiger partial charge is 0.251 e. The molecule has 0 saturated carbocycles. The predicted molar refractivity (Wildman–Crippen MR) is 99.5 cm³/mol. The van der Waals surface area contributed by atoms with Gasteiger partial charge in [0.2, 0.25) is 5.91 Å². The molecule has 136 valence electrons. The fourth-order valence-electron chi connectivity index (χ4n) is 3.91. The minimum Gasteiger partial charge on any atom is -0.343 e. The summed E-state index contributed by atoms with van der Waals surface area (Å²) in [6.45, 7) is 3.03. The average molecular weight is 352 g/mol. The first-order valence-electron chi connectivity index (χ1n) is 9.30. The number of rotatable bonds is 3. The second kappa shape index (κ2) is 6.72. The van der Waals surface area contributed by atoms with Crippen LogP contribution in [0.25, 0.3) is 10.8 Å². The van der Waals surface area contributed by atoms with Crippen molar-refractivity contribution in [1.29, 1.82) is 0 Å². The standard InChI is InChI=1S/C21H24N2O3/c1-15-20(25)22-21(26-15)10-12-23(13-11-21)19(24)9-7-16-6-8-17-4-2-3-5-18(17)14-16/h2-6,8,14-15H,7,9-13H2,1H3,(H,22,25). The summed E-state index contributed by atoms with van der Waals surface area (Å²) in [6, 6.07) is 14.6. The molecule has 2 amide bonds. The summed E-state index contributed by atoms with van der Waals surface area (Å²) < 4.78 is 5.80. The fourth-order valence-corrected chi connectivity index (χ4v) is 3.91. The Balaban J connectivity index is 1.32. The van der Waals surface area contributed by atoms with Crippen LogP contribution in [-0.4, -0.2) is 41.6 Å². The van der Waals surface area contributed by atoms with Crippen molar-refractivity contribution in [3.05, 3.63) is 48.0 Å². The highest BCUT2D eigenvalue weighted by atomic mass is 16.5. The van der Waals surface area contributed by atoms with Gasteiger partial charge in [-0.15, -0.1) is 0 Å². The van der Waals surface area contributed by atoms with Gasteiger partial charge in [-0.2, -0.15) is 0 Å². The van der Waals surface area contributed by atoms with Gasteiger partial charge >= 0.3 is 0 Å². The number of ether oxygens (including phenoxy) is 1. The number of hydrogen-bond acceptors (Lipinski definition) is 3. The molecule has 2 heterocycles. The quantitative estimate of drug-likeness (QED) is 0.924. The largest absolute Gasteiger partial charge is 0.343 e. The van der Waals surface area contributed by atoms with Gasteiger partial charge in [0.25, 0.3) is 5.91 Å². The first-order valence-corrected chi connectivity index (χ1v) is 9.30. The molecule has 26 heavy (non-hydrogen) atoms. The van der Waals surface area contributed by atoms with Crippen LogP contribution in [0.5, 0.6) is 0 Å². The third-order valence-corrected chi connectivity index (χ3v) is 5.49. The number of piperidine rings is 1. The molecule has 2 fully saturated rings. The summed E-state index contributed by atoms with van der Waals surface area (Å²) in [5.41, 5.74) is 0.622. The summed E-state index contributed by atoms with van der Waals surface area (Å²) in [6.07, 6.45) is 2.17. The Bertz CT molecular complexity index is 840. The van der Waals surface area contributed by atoms with E-state index < -0.39 is 11.8 Å². The zero-order chi connectivity index (χ0) is 18.1. The zero-order valence-corrected chi connectivity index (χ0v) is 15.0. The molecule has 1 unspecified atom stereocenters. The second-order valence-electron chi connectivity index (χ2n) is 7.31. The molecular formula is C21H24N2O3. The highest BCUT2D eigenvalue weighted by Crippen LogP contribution is 2.30. The second-order valence-corrected chi connectivity index (χ2v) is 7.31. The van der Waals surface area contributed by atoms with E-state index in [0.29, 0.717) is 32.4 Å². The van der Waals surface area contributed by atoms with Gasteiger partial charge < -0.3 is 15.0 Å². The summed E-state index contributed by atoms with van der Waals surface area (Å²) in [7, 11) is 0. The first kappa shape index (κ1) is 17.0. The summed E-state index contributed by atoms with van der Waals surface area (Å²) in [5, 5.41) is 5.38. The molecular weight excluding hydrogens is 328 g/mol. The van der Waals surface area contributed by atoms with Crippen LogP contribution in [0.2, 0.25) is 0 Å². The van der Waals surface area contributed by atoms with E-state index in [1.165, 1.54) is 16.3 Å². The molecule has 1 atom stereocenters. The van der Waals surface area contributed by atoms with Gasteiger partial charge in [-0.25, -0.2) is 0 Å². The number of likely N-dealkylation sites (tertiary alicyclic amines) is 1. The average Bonchev–Trinajstić information content (AvgIpc) is 2.93. The van der Waals surface area contributed by atoms with Crippen LogP contribution in [0.15, 0.2) is 42.5 Å². The van der Waals surface area contributed by atoms with Crippen molar-refractivity contribution in [2.75, 3.05) is 13.1 Å². The van der Waals surface area contributed by atoms with Crippen molar-refractivity contribution < 1.29 is 14.3 Å². The summed E-state index contributed by atoms with van der Waals surface area (Å²) in [4.78, 5) is 26.2. The number of carbonyl (C=O) groups is 2. The molecule has 5 nitrogen and oxygen atoms in total. The Hall–Kier alpha value is -2.40. The van der Waals surface area contributed by atoms with E-state index in [1.54, 1.807) is 6.92 Å². The monoisotopic (exact) mass is 352 g/mol. The zero-order valence-electron chi connectivity index (χ0n) is 15.0. The van der Waals surface area contributed by atoms with Gasteiger partial charge in [0.1, 0.15) is 11.8 Å². The lowest BCUT2D eigenvalue weighted by molar-refractivity contribution is -0.138. The van der Waals surface area contributed by atoms with Crippen LogP contribution < -0.4 is 5.32 Å². The maximum Gasteiger partial charge on any atom is 0.251 e. The van der Waals surface area contributed by atoms with Crippen molar-refractivity contribution in [2.45, 2.75) is 44.4 Å². The van der Waals surface area contributed by atoms with E-state index in [9.17, 15) is 9.59 Å². The topological polar surface area (TPSA) is 58.6 Å². The lowest BCUT2D eigenvalue weighted by atomic mass is 9.99. The van der Waals surface area contributed by atoms with Gasteiger partial charge in [0.05, 0.1) is 0 Å². The third-order valence-electron chi connectivity index (χ3n) is 5.49. The maximum absolute atomic E-state index is 12.6. The Morgan fingerprint density at radius 2 is 1.92 bits per heavy atom. The van der Waals surface area contributed by atoms with E-state index in [4.69, 9.17) is 4.74 Å². The van der Waals surface area contributed by atoms with Gasteiger partial charge in [-0.1, -0.05) is 42.5 Å². The van der Waals surface area contributed by atoms with Crippen molar-refractivity contribution in [1.82, 2.24) is 10.2 Å². The molecule has 0 radical (unpaired) electrons. The predicted octanol–water partition coefficient (Wildman–Crippen LogP) is 2.63. The number of nitrogens with zero attached hydrogens (tertiary/aromatic N) is 1. The van der Waals surface area contributed by atoms with E-state index in [-0.39, 0.29) is 11.8 Å². The summed E-state index contributed by atoms with van der Waals surface area (Å²) in [5.74, 6) is 0.117. The molecule has 2 aromatic rings. The van der Waals surface area contributed by atoms with Crippen molar-refractivity contribution in [3.8, 4) is 0 Å². The number of benzene rings is 2. The summed E-state index contributed by atoms with van der Waals surface area (Å²) >= 11 is 0. The van der Waals surface area contributed by atoms with Crippen molar-refractivity contribution >= 4 is 22.6 Å². The fraction of sp³-hybridized carbons (Fsp3) is 0.429. The van der Waals surface area contributed by atoms with Crippen molar-refractivity contribution in [2.24, 2.45) is 0 Å². The molecule has 2 saturated heterocycles. The Morgan fingerprint density at radius 1 is 1.19 bits per heavy atom. The van der Waals surface area contributed by atoms with Crippen LogP contribution >= 0.6 is 0 Å². The van der Waals surface area contributed by atoms with E-state index >= 15 is 0 Å². The molecule has 2 aliphatic rings. The van der Waals surface area contributed by atoms with E-state index in [0.717, 1.165) is 6.42 Å². The van der Waals surface area contributed by atoms with Crippen LogP contribution in [-0.2, 0) is 20.7 Å². The molecule has 2 aliphatic heterocycles. The van der Waals surface area contributed by atoms with Crippen LogP contribution in [0.1, 0.15) is 31.7 Å². The number of nitrogens with one attached hydrogen (secondary N) is 1. The van der Waals surface area contributed by atoms with Crippen LogP contribution in [0.3, 0.4) is 0 Å². The Morgan fingerprint density at radius 3 is 2.62 bits per heavy atom. The molecule has 1 N–H and O–H groups in total. The maximum atomic E-state index is 12.6. The molecule has 4 rings (SSSR count). The Kier molecular flexibility index (Phi) is 4.41. The molecule has 0 aliphatic carbocycles. The van der Waals surface area contributed by atoms with Gasteiger partial charge in [0, 0.05) is 32.4 Å². The van der Waals surface area contributed by atoms with E-state index in [1.807, 2.05) is 17.0 Å². The lowest BCUT2D eigenvalue weighted by Gasteiger charge is -2.38. The molecule has 2 aromatic carbocycles. The van der Waals surface area contributed by atoms with E-state index in [2.05, 4.69) is 35.6 Å². The first-order chi connectivity index (χ1) is 12.5. The van der Waals surface area contributed by atoms with Gasteiger partial charge in [0.15, 0.2) is 0 Å². The van der Waals surface area contributed by atoms with Crippen LogP contribution in [0.4, 0.5) is 0 Å². The Labute approximate surface area is 153 Å².